The first kappa shape index (κ1) is 15.9. The molecule has 7 heteroatoms. The van der Waals surface area contributed by atoms with Crippen LogP contribution >= 0.6 is 11.3 Å². The molecule has 21 heavy (non-hydrogen) atoms. The highest BCUT2D eigenvalue weighted by Crippen LogP contribution is 2.32. The van der Waals surface area contributed by atoms with E-state index in [9.17, 15) is 9.59 Å². The summed E-state index contributed by atoms with van der Waals surface area (Å²) in [5, 5.41) is 5.48. The maximum Gasteiger partial charge on any atom is 0.259 e. The monoisotopic (exact) mass is 311 g/mol. The van der Waals surface area contributed by atoms with Gasteiger partial charge in [0.25, 0.3) is 5.91 Å². The van der Waals surface area contributed by atoms with Gasteiger partial charge in [-0.3, -0.25) is 9.59 Å². The number of amides is 2. The number of primary amides is 1. The minimum absolute atomic E-state index is 0.0666. The summed E-state index contributed by atoms with van der Waals surface area (Å²) in [6, 6.07) is 0. The summed E-state index contributed by atoms with van der Waals surface area (Å²) in [6.45, 7) is 6.09. The van der Waals surface area contributed by atoms with Gasteiger partial charge in [0.05, 0.1) is 23.8 Å². The van der Waals surface area contributed by atoms with E-state index in [0.717, 1.165) is 24.1 Å². The van der Waals surface area contributed by atoms with Gasteiger partial charge in [-0.2, -0.15) is 0 Å². The highest BCUT2D eigenvalue weighted by atomic mass is 32.1. The second-order valence-electron chi connectivity index (χ2n) is 4.94. The zero-order valence-electron chi connectivity index (χ0n) is 12.4. The Bertz CT molecular complexity index is 524. The summed E-state index contributed by atoms with van der Waals surface area (Å²) in [6.07, 6.45) is 1.62. The third-order valence-electron chi connectivity index (χ3n) is 3.39. The predicted octanol–water partition coefficient (Wildman–Crippen LogP) is 1.40. The molecule has 2 N–H and O–H groups in total. The lowest BCUT2D eigenvalue weighted by atomic mass is 10.1. The third kappa shape index (κ3) is 3.42. The van der Waals surface area contributed by atoms with E-state index in [1.165, 1.54) is 18.3 Å². The average Bonchev–Trinajstić information content (AvgIpc) is 2.84. The fraction of sp³-hybridized carbons (Fsp3) is 0.571. The van der Waals surface area contributed by atoms with Gasteiger partial charge in [-0.05, 0) is 6.42 Å². The number of nitrogens with two attached hydrogens (primary N) is 1. The molecule has 2 rings (SSSR count). The fourth-order valence-electron chi connectivity index (χ4n) is 2.52. The molecule has 1 aromatic rings. The van der Waals surface area contributed by atoms with E-state index in [0.29, 0.717) is 31.2 Å². The summed E-state index contributed by atoms with van der Waals surface area (Å²) >= 11 is 1.31. The van der Waals surface area contributed by atoms with Crippen LogP contribution in [0.1, 0.15) is 35.5 Å². The van der Waals surface area contributed by atoms with Crippen LogP contribution in [0.15, 0.2) is 5.38 Å². The number of hydrogen-bond donors (Lipinski definition) is 1. The largest absolute Gasteiger partial charge is 0.379 e. The van der Waals surface area contributed by atoms with Gasteiger partial charge in [-0.1, -0.05) is 13.3 Å². The lowest BCUT2D eigenvalue weighted by Gasteiger charge is -2.36. The third-order valence-corrected chi connectivity index (χ3v) is 4.42. The first-order chi connectivity index (χ1) is 10.1. The topological polar surface area (TPSA) is 75.9 Å². The zero-order valence-corrected chi connectivity index (χ0v) is 13.2. The summed E-state index contributed by atoms with van der Waals surface area (Å²) in [4.78, 5) is 24.2. The molecule has 0 bridgehead atoms. The Kier molecular flexibility index (Phi) is 5.33. The maximum absolute atomic E-state index is 12.1. The standard InChI is InChI=1S/C14H21N3O3S/c1-3-4-11-12(9-21-13(11)14(15)19)17(10(2)18)16-5-7-20-8-6-16/h9H,3-8H2,1-2H3,(H2,15,19). The molecule has 0 saturated carbocycles. The smallest absolute Gasteiger partial charge is 0.259 e. The number of carbonyl (C=O) groups excluding carboxylic acids is 2. The first-order valence-electron chi connectivity index (χ1n) is 7.09. The van der Waals surface area contributed by atoms with Gasteiger partial charge < -0.3 is 10.5 Å². The quantitative estimate of drug-likeness (QED) is 0.892. The second kappa shape index (κ2) is 7.02. The summed E-state index contributed by atoms with van der Waals surface area (Å²) in [7, 11) is 0. The van der Waals surface area contributed by atoms with Crippen molar-refractivity contribution in [2.45, 2.75) is 26.7 Å². The van der Waals surface area contributed by atoms with Crippen LogP contribution in [-0.4, -0.2) is 43.1 Å². The molecule has 1 aliphatic rings. The van der Waals surface area contributed by atoms with E-state index in [-0.39, 0.29) is 5.91 Å². The Morgan fingerprint density at radius 2 is 2.10 bits per heavy atom. The van der Waals surface area contributed by atoms with Crippen molar-refractivity contribution in [1.82, 2.24) is 5.01 Å². The van der Waals surface area contributed by atoms with Gasteiger partial charge in [-0.15, -0.1) is 11.3 Å². The molecule has 0 spiro atoms. The molecule has 2 amide bonds. The summed E-state index contributed by atoms with van der Waals surface area (Å²) in [5.74, 6) is -0.497. The van der Waals surface area contributed by atoms with Crippen LogP contribution in [0, 0.1) is 0 Å². The molecule has 0 aliphatic carbocycles. The van der Waals surface area contributed by atoms with Crippen LogP contribution in [0.4, 0.5) is 5.69 Å². The van der Waals surface area contributed by atoms with E-state index in [2.05, 4.69) is 0 Å². The van der Waals surface area contributed by atoms with Gasteiger partial charge in [0, 0.05) is 31.0 Å². The Balaban J connectivity index is 2.39. The number of nitrogens with zero attached hydrogens (tertiary/aromatic N) is 2. The van der Waals surface area contributed by atoms with Gasteiger partial charge in [0.2, 0.25) is 5.91 Å². The van der Waals surface area contributed by atoms with Crippen LogP contribution in [0.25, 0.3) is 0 Å². The van der Waals surface area contributed by atoms with Crippen LogP contribution in [-0.2, 0) is 16.0 Å². The molecule has 2 heterocycles. The van der Waals surface area contributed by atoms with E-state index >= 15 is 0 Å². The van der Waals surface area contributed by atoms with E-state index < -0.39 is 5.91 Å². The van der Waals surface area contributed by atoms with Crippen molar-refractivity contribution in [2.24, 2.45) is 5.73 Å². The van der Waals surface area contributed by atoms with E-state index in [1.54, 1.807) is 5.01 Å². The number of thiophene rings is 1. The SMILES string of the molecule is CCCc1c(N(C(C)=O)N2CCOCC2)csc1C(N)=O. The van der Waals surface area contributed by atoms with Gasteiger partial charge in [-0.25, -0.2) is 10.0 Å². The first-order valence-corrected chi connectivity index (χ1v) is 7.97. The van der Waals surface area contributed by atoms with Crippen molar-refractivity contribution in [1.29, 1.82) is 0 Å². The van der Waals surface area contributed by atoms with Crippen molar-refractivity contribution in [2.75, 3.05) is 31.3 Å². The number of morpholine rings is 1. The highest BCUT2D eigenvalue weighted by molar-refractivity contribution is 7.12. The Labute approximate surface area is 128 Å². The lowest BCUT2D eigenvalue weighted by Crippen LogP contribution is -2.51. The summed E-state index contributed by atoms with van der Waals surface area (Å²) < 4.78 is 5.34. The van der Waals surface area contributed by atoms with Gasteiger partial charge in [0.1, 0.15) is 0 Å². The van der Waals surface area contributed by atoms with E-state index in [1.807, 2.05) is 17.3 Å². The average molecular weight is 311 g/mol. The Hall–Kier alpha value is -1.44. The van der Waals surface area contributed by atoms with Crippen LogP contribution in [0.2, 0.25) is 0 Å². The van der Waals surface area contributed by atoms with Crippen LogP contribution in [0.3, 0.4) is 0 Å². The molecule has 1 fully saturated rings. The lowest BCUT2D eigenvalue weighted by molar-refractivity contribution is -0.120. The predicted molar refractivity (Wildman–Crippen MR) is 82.4 cm³/mol. The molecule has 0 unspecified atom stereocenters. The number of hydrazine groups is 1. The van der Waals surface area contributed by atoms with Crippen LogP contribution < -0.4 is 10.7 Å². The molecule has 0 radical (unpaired) electrons. The normalized spacial score (nSPS) is 15.9. The van der Waals surface area contributed by atoms with Gasteiger partial charge in [0.15, 0.2) is 0 Å². The van der Waals surface area contributed by atoms with Crippen molar-refractivity contribution in [3.05, 3.63) is 15.8 Å². The van der Waals surface area contributed by atoms with Crippen LogP contribution in [0.5, 0.6) is 0 Å². The molecule has 1 aliphatic heterocycles. The van der Waals surface area contributed by atoms with Crippen molar-refractivity contribution in [3.63, 3.8) is 0 Å². The summed E-state index contributed by atoms with van der Waals surface area (Å²) in [5.41, 5.74) is 7.10. The fourth-order valence-corrected chi connectivity index (χ4v) is 3.46. The molecule has 0 aromatic carbocycles. The molecule has 6 nitrogen and oxygen atoms in total. The second-order valence-corrected chi connectivity index (χ2v) is 5.82. The number of anilines is 1. The molecule has 116 valence electrons. The minimum atomic E-state index is -0.430. The minimum Gasteiger partial charge on any atom is -0.379 e. The molecular weight excluding hydrogens is 290 g/mol. The number of rotatable bonds is 5. The van der Waals surface area contributed by atoms with Crippen molar-refractivity contribution >= 4 is 28.8 Å². The Morgan fingerprint density at radius 1 is 1.43 bits per heavy atom. The molecule has 1 saturated heterocycles. The maximum atomic E-state index is 12.1. The number of hydrogen-bond acceptors (Lipinski definition) is 5. The van der Waals surface area contributed by atoms with Gasteiger partial charge >= 0.3 is 0 Å². The van der Waals surface area contributed by atoms with Crippen molar-refractivity contribution in [3.8, 4) is 0 Å². The molecular formula is C14H21N3O3S. The molecule has 1 aromatic heterocycles. The highest BCUT2D eigenvalue weighted by Gasteiger charge is 2.27. The molecule has 0 atom stereocenters. The van der Waals surface area contributed by atoms with E-state index in [4.69, 9.17) is 10.5 Å². The zero-order chi connectivity index (χ0) is 15.4. The number of carbonyl (C=O) groups is 2. The Morgan fingerprint density at radius 3 is 2.62 bits per heavy atom. The number of ether oxygens (including phenoxy) is 1. The van der Waals surface area contributed by atoms with Crippen molar-refractivity contribution < 1.29 is 14.3 Å².